The molecule has 0 radical (unpaired) electrons. The van der Waals surface area contributed by atoms with Gasteiger partial charge in [0.15, 0.2) is 0 Å². The number of H-pyrrole nitrogens is 1. The first-order valence-corrected chi connectivity index (χ1v) is 6.21. The van der Waals surface area contributed by atoms with E-state index in [0.717, 1.165) is 5.69 Å². The third kappa shape index (κ3) is 3.34. The average molecular weight is 277 g/mol. The predicted molar refractivity (Wildman–Crippen MR) is 72.2 cm³/mol. The summed E-state index contributed by atoms with van der Waals surface area (Å²) in [5, 5.41) is 6.55. The SMILES string of the molecule is Cc1[nH]ncc1C(=O)N(C)CCOc1ccc(F)cc1. The summed E-state index contributed by atoms with van der Waals surface area (Å²) in [4.78, 5) is 13.6. The van der Waals surface area contributed by atoms with Gasteiger partial charge in [-0.1, -0.05) is 0 Å². The Morgan fingerprint density at radius 2 is 2.10 bits per heavy atom. The fraction of sp³-hybridized carbons (Fsp3) is 0.286. The van der Waals surface area contributed by atoms with Gasteiger partial charge in [0.1, 0.15) is 18.2 Å². The van der Waals surface area contributed by atoms with Crippen molar-refractivity contribution in [1.29, 1.82) is 0 Å². The number of aromatic nitrogens is 2. The van der Waals surface area contributed by atoms with E-state index in [4.69, 9.17) is 4.74 Å². The van der Waals surface area contributed by atoms with Crippen LogP contribution in [0.5, 0.6) is 5.75 Å². The smallest absolute Gasteiger partial charge is 0.257 e. The maximum Gasteiger partial charge on any atom is 0.257 e. The van der Waals surface area contributed by atoms with Crippen LogP contribution in [0, 0.1) is 12.7 Å². The van der Waals surface area contributed by atoms with Crippen molar-refractivity contribution < 1.29 is 13.9 Å². The average Bonchev–Trinajstić information content (AvgIpc) is 2.86. The van der Waals surface area contributed by atoms with Gasteiger partial charge in [-0.3, -0.25) is 9.89 Å². The van der Waals surface area contributed by atoms with Gasteiger partial charge in [0.25, 0.3) is 5.91 Å². The van der Waals surface area contributed by atoms with Crippen LogP contribution < -0.4 is 4.74 Å². The zero-order chi connectivity index (χ0) is 14.5. The highest BCUT2D eigenvalue weighted by Crippen LogP contribution is 2.11. The number of benzene rings is 1. The van der Waals surface area contributed by atoms with Crippen LogP contribution in [0.1, 0.15) is 16.1 Å². The van der Waals surface area contributed by atoms with E-state index in [1.165, 1.54) is 18.3 Å². The Morgan fingerprint density at radius 3 is 2.70 bits per heavy atom. The van der Waals surface area contributed by atoms with E-state index in [1.54, 1.807) is 31.0 Å². The quantitative estimate of drug-likeness (QED) is 0.909. The van der Waals surface area contributed by atoms with Crippen LogP contribution in [0.15, 0.2) is 30.5 Å². The third-order valence-corrected chi connectivity index (χ3v) is 2.92. The first kappa shape index (κ1) is 14.0. The minimum Gasteiger partial charge on any atom is -0.492 e. The number of aromatic amines is 1. The van der Waals surface area contributed by atoms with Gasteiger partial charge in [-0.05, 0) is 31.2 Å². The Hall–Kier alpha value is -2.37. The summed E-state index contributed by atoms with van der Waals surface area (Å²) in [6, 6.07) is 5.77. The first-order valence-electron chi connectivity index (χ1n) is 6.21. The normalized spacial score (nSPS) is 10.3. The molecule has 5 nitrogen and oxygen atoms in total. The van der Waals surface area contributed by atoms with Gasteiger partial charge >= 0.3 is 0 Å². The topological polar surface area (TPSA) is 58.2 Å². The molecule has 0 saturated carbocycles. The van der Waals surface area contributed by atoms with Crippen molar-refractivity contribution >= 4 is 5.91 Å². The zero-order valence-corrected chi connectivity index (χ0v) is 11.4. The Labute approximate surface area is 116 Å². The second kappa shape index (κ2) is 6.18. The van der Waals surface area contributed by atoms with Crippen LogP contribution >= 0.6 is 0 Å². The summed E-state index contributed by atoms with van der Waals surface area (Å²) in [6.45, 7) is 2.56. The van der Waals surface area contributed by atoms with E-state index < -0.39 is 0 Å². The lowest BCUT2D eigenvalue weighted by molar-refractivity contribution is 0.0773. The number of ether oxygens (including phenoxy) is 1. The number of aryl methyl sites for hydroxylation is 1. The molecular formula is C14H16FN3O2. The van der Waals surface area contributed by atoms with Crippen molar-refractivity contribution in [3.05, 3.63) is 47.5 Å². The van der Waals surface area contributed by atoms with Crippen LogP contribution in [-0.4, -0.2) is 41.2 Å². The molecule has 0 bridgehead atoms. The van der Waals surface area contributed by atoms with Crippen LogP contribution in [0.3, 0.4) is 0 Å². The highest BCUT2D eigenvalue weighted by Gasteiger charge is 2.15. The van der Waals surface area contributed by atoms with E-state index >= 15 is 0 Å². The Bertz CT molecular complexity index is 580. The van der Waals surface area contributed by atoms with Gasteiger partial charge in [0.05, 0.1) is 18.3 Å². The fourth-order valence-corrected chi connectivity index (χ4v) is 1.70. The maximum atomic E-state index is 12.7. The van der Waals surface area contributed by atoms with Gasteiger partial charge in [-0.15, -0.1) is 0 Å². The number of halogens is 1. The summed E-state index contributed by atoms with van der Waals surface area (Å²) < 4.78 is 18.2. The molecule has 0 aliphatic heterocycles. The highest BCUT2D eigenvalue weighted by atomic mass is 19.1. The summed E-state index contributed by atoms with van der Waals surface area (Å²) in [5.41, 5.74) is 1.29. The van der Waals surface area contributed by atoms with Gasteiger partial charge in [0, 0.05) is 12.7 Å². The number of carbonyl (C=O) groups excluding carboxylic acids is 1. The lowest BCUT2D eigenvalue weighted by atomic mass is 10.2. The Balaban J connectivity index is 1.83. The van der Waals surface area contributed by atoms with Crippen LogP contribution in [0.4, 0.5) is 4.39 Å². The van der Waals surface area contributed by atoms with E-state index in [0.29, 0.717) is 24.5 Å². The Kier molecular flexibility index (Phi) is 4.34. The second-order valence-electron chi connectivity index (χ2n) is 4.44. The number of carbonyl (C=O) groups is 1. The monoisotopic (exact) mass is 277 g/mol. The molecule has 106 valence electrons. The molecule has 6 heteroatoms. The predicted octanol–water partition coefficient (Wildman–Crippen LogP) is 2.01. The summed E-state index contributed by atoms with van der Waals surface area (Å²) in [6.07, 6.45) is 1.51. The minimum absolute atomic E-state index is 0.112. The molecule has 1 N–H and O–H groups in total. The number of hydrogen-bond donors (Lipinski definition) is 1. The van der Waals surface area contributed by atoms with Gasteiger partial charge in [-0.2, -0.15) is 5.10 Å². The van der Waals surface area contributed by atoms with E-state index in [2.05, 4.69) is 10.2 Å². The van der Waals surface area contributed by atoms with E-state index in [9.17, 15) is 9.18 Å². The first-order chi connectivity index (χ1) is 9.58. The molecule has 2 rings (SSSR count). The molecule has 1 heterocycles. The van der Waals surface area contributed by atoms with Crippen molar-refractivity contribution in [3.8, 4) is 5.75 Å². The van der Waals surface area contributed by atoms with Crippen molar-refractivity contribution in [3.63, 3.8) is 0 Å². The highest BCUT2D eigenvalue weighted by molar-refractivity contribution is 5.94. The lowest BCUT2D eigenvalue weighted by Crippen LogP contribution is -2.31. The molecular weight excluding hydrogens is 261 g/mol. The summed E-state index contributed by atoms with van der Waals surface area (Å²) in [7, 11) is 1.70. The van der Waals surface area contributed by atoms with Crippen molar-refractivity contribution in [2.75, 3.05) is 20.2 Å². The molecule has 0 spiro atoms. The van der Waals surface area contributed by atoms with Gasteiger partial charge in [-0.25, -0.2) is 4.39 Å². The zero-order valence-electron chi connectivity index (χ0n) is 11.4. The second-order valence-corrected chi connectivity index (χ2v) is 4.44. The number of hydrogen-bond acceptors (Lipinski definition) is 3. The molecule has 2 aromatic rings. The van der Waals surface area contributed by atoms with Crippen molar-refractivity contribution in [2.24, 2.45) is 0 Å². The molecule has 1 aromatic heterocycles. The van der Waals surface area contributed by atoms with E-state index in [1.807, 2.05) is 0 Å². The number of amides is 1. The number of nitrogens with zero attached hydrogens (tertiary/aromatic N) is 2. The van der Waals surface area contributed by atoms with Crippen LogP contribution in [-0.2, 0) is 0 Å². The third-order valence-electron chi connectivity index (χ3n) is 2.92. The fourth-order valence-electron chi connectivity index (χ4n) is 1.70. The molecule has 0 saturated heterocycles. The molecule has 20 heavy (non-hydrogen) atoms. The van der Waals surface area contributed by atoms with Gasteiger partial charge < -0.3 is 9.64 Å². The molecule has 0 aliphatic rings. The number of likely N-dealkylation sites (N-methyl/N-ethyl adjacent to an activating group) is 1. The largest absolute Gasteiger partial charge is 0.492 e. The molecule has 0 aliphatic carbocycles. The Morgan fingerprint density at radius 1 is 1.40 bits per heavy atom. The standard InChI is InChI=1S/C14H16FN3O2/c1-10-13(9-16-17-10)14(19)18(2)7-8-20-12-5-3-11(15)4-6-12/h3-6,9H,7-8H2,1-2H3,(H,16,17). The molecule has 1 amide bonds. The van der Waals surface area contributed by atoms with E-state index in [-0.39, 0.29) is 11.7 Å². The van der Waals surface area contributed by atoms with Crippen molar-refractivity contribution in [2.45, 2.75) is 6.92 Å². The summed E-state index contributed by atoms with van der Waals surface area (Å²) >= 11 is 0. The molecule has 0 fully saturated rings. The summed E-state index contributed by atoms with van der Waals surface area (Å²) in [5.74, 6) is 0.158. The molecule has 0 unspecified atom stereocenters. The molecule has 1 aromatic carbocycles. The van der Waals surface area contributed by atoms with Gasteiger partial charge in [0.2, 0.25) is 0 Å². The maximum absolute atomic E-state index is 12.7. The number of rotatable bonds is 5. The molecule has 0 atom stereocenters. The van der Waals surface area contributed by atoms with Crippen LogP contribution in [0.2, 0.25) is 0 Å². The van der Waals surface area contributed by atoms with Crippen molar-refractivity contribution in [1.82, 2.24) is 15.1 Å². The number of nitrogens with one attached hydrogen (secondary N) is 1. The van der Waals surface area contributed by atoms with Crippen LogP contribution in [0.25, 0.3) is 0 Å². The lowest BCUT2D eigenvalue weighted by Gasteiger charge is -2.17. The minimum atomic E-state index is -0.305.